The van der Waals surface area contributed by atoms with Crippen LogP contribution in [0.3, 0.4) is 0 Å². The van der Waals surface area contributed by atoms with Gasteiger partial charge in [0.2, 0.25) is 0 Å². The highest BCUT2D eigenvalue weighted by atomic mass is 79.9. The molecule has 1 aliphatic rings. The molecule has 2 heterocycles. The van der Waals surface area contributed by atoms with Crippen molar-refractivity contribution in [1.82, 2.24) is 15.2 Å². The van der Waals surface area contributed by atoms with E-state index in [0.717, 1.165) is 10.2 Å². The van der Waals surface area contributed by atoms with Crippen LogP contribution in [0.1, 0.15) is 52.4 Å². The predicted octanol–water partition coefficient (Wildman–Crippen LogP) is 2.79. The van der Waals surface area contributed by atoms with Crippen LogP contribution >= 0.6 is 15.9 Å². The summed E-state index contributed by atoms with van der Waals surface area (Å²) in [5.74, 6) is 6.64. The predicted molar refractivity (Wildman–Crippen MR) is 83.0 cm³/mol. The van der Waals surface area contributed by atoms with Crippen LogP contribution in [0.5, 0.6) is 0 Å². The number of hydrogen-bond acceptors (Lipinski definition) is 4. The summed E-state index contributed by atoms with van der Waals surface area (Å²) in [7, 11) is 0. The highest BCUT2D eigenvalue weighted by Crippen LogP contribution is 2.42. The smallest absolute Gasteiger partial charge is 0.0716 e. The molecule has 0 radical (unpaired) electrons. The fourth-order valence-corrected chi connectivity index (χ4v) is 3.81. The van der Waals surface area contributed by atoms with Gasteiger partial charge < -0.3 is 4.74 Å². The van der Waals surface area contributed by atoms with Gasteiger partial charge in [0.25, 0.3) is 0 Å². The maximum Gasteiger partial charge on any atom is 0.0716 e. The standard InChI is InChI=1S/C14H25BrN4O/c1-7(2)19-14(11(15)6-17-19)13(18-16)12-8(3)9(4)20-10(12)5/h6-10,12-13,18H,16H2,1-5H3. The Kier molecular flexibility index (Phi) is 4.89. The molecule has 5 unspecified atom stereocenters. The molecule has 0 bridgehead atoms. The summed E-state index contributed by atoms with van der Waals surface area (Å²) in [6, 6.07) is 0.307. The number of hydrazine groups is 1. The van der Waals surface area contributed by atoms with Gasteiger partial charge in [-0.3, -0.25) is 16.0 Å². The number of nitrogens with two attached hydrogens (primary N) is 1. The maximum absolute atomic E-state index is 5.97. The van der Waals surface area contributed by atoms with Crippen LogP contribution in [0.4, 0.5) is 0 Å². The lowest BCUT2D eigenvalue weighted by molar-refractivity contribution is 0.0470. The second kappa shape index (κ2) is 6.13. The second-order valence-electron chi connectivity index (χ2n) is 6.04. The summed E-state index contributed by atoms with van der Waals surface area (Å²) in [6.07, 6.45) is 2.26. The molecule has 0 spiro atoms. The number of ether oxygens (including phenoxy) is 1. The van der Waals surface area contributed by atoms with Crippen molar-refractivity contribution in [2.75, 3.05) is 0 Å². The molecule has 0 aliphatic carbocycles. The van der Waals surface area contributed by atoms with Crippen LogP contribution in [0.25, 0.3) is 0 Å². The molecule has 0 amide bonds. The lowest BCUT2D eigenvalue weighted by atomic mass is 9.82. The van der Waals surface area contributed by atoms with Crippen LogP contribution in [0.2, 0.25) is 0 Å². The van der Waals surface area contributed by atoms with Crippen molar-refractivity contribution in [1.29, 1.82) is 0 Å². The maximum atomic E-state index is 5.97. The Balaban J connectivity index is 2.40. The minimum absolute atomic E-state index is 0.0178. The van der Waals surface area contributed by atoms with Crippen molar-refractivity contribution < 1.29 is 4.74 Å². The Labute approximate surface area is 129 Å². The van der Waals surface area contributed by atoms with E-state index in [4.69, 9.17) is 10.6 Å². The van der Waals surface area contributed by atoms with Gasteiger partial charge in [-0.05, 0) is 49.5 Å². The van der Waals surface area contributed by atoms with Gasteiger partial charge in [0.05, 0.1) is 34.6 Å². The fourth-order valence-electron chi connectivity index (χ4n) is 3.29. The normalized spacial score (nSPS) is 32.0. The van der Waals surface area contributed by atoms with Gasteiger partial charge >= 0.3 is 0 Å². The molecule has 1 aliphatic heterocycles. The van der Waals surface area contributed by atoms with Crippen molar-refractivity contribution >= 4 is 15.9 Å². The molecule has 114 valence electrons. The van der Waals surface area contributed by atoms with E-state index >= 15 is 0 Å². The molecular formula is C14H25BrN4O. The van der Waals surface area contributed by atoms with Crippen LogP contribution in [-0.4, -0.2) is 22.0 Å². The quantitative estimate of drug-likeness (QED) is 0.651. The lowest BCUT2D eigenvalue weighted by Gasteiger charge is -2.30. The van der Waals surface area contributed by atoms with Gasteiger partial charge in [-0.15, -0.1) is 0 Å². The SMILES string of the molecule is CC1OC(C)C(C(NN)c2c(Br)cnn2C(C)C)C1C. The summed E-state index contributed by atoms with van der Waals surface area (Å²) in [5, 5.41) is 4.46. The molecule has 3 N–H and O–H groups in total. The first kappa shape index (κ1) is 15.9. The van der Waals surface area contributed by atoms with E-state index in [1.807, 2.05) is 10.9 Å². The topological polar surface area (TPSA) is 65.1 Å². The monoisotopic (exact) mass is 344 g/mol. The van der Waals surface area contributed by atoms with Crippen molar-refractivity contribution in [3.63, 3.8) is 0 Å². The number of rotatable bonds is 4. The highest BCUT2D eigenvalue weighted by molar-refractivity contribution is 9.10. The van der Waals surface area contributed by atoms with Crippen LogP contribution in [0.15, 0.2) is 10.7 Å². The van der Waals surface area contributed by atoms with E-state index in [9.17, 15) is 0 Å². The minimum atomic E-state index is 0.0178. The third-order valence-corrected chi connectivity index (χ3v) is 5.07. The summed E-state index contributed by atoms with van der Waals surface area (Å²) in [5.41, 5.74) is 4.09. The van der Waals surface area contributed by atoms with Crippen molar-refractivity contribution in [2.24, 2.45) is 17.7 Å². The first-order valence-corrected chi connectivity index (χ1v) is 8.02. The molecule has 1 aromatic rings. The molecule has 1 fully saturated rings. The van der Waals surface area contributed by atoms with Gasteiger partial charge in [0, 0.05) is 12.0 Å². The van der Waals surface area contributed by atoms with Gasteiger partial charge in [-0.25, -0.2) is 0 Å². The number of nitrogens with one attached hydrogen (secondary N) is 1. The molecule has 1 aromatic heterocycles. The van der Waals surface area contributed by atoms with Crippen molar-refractivity contribution in [3.05, 3.63) is 16.4 Å². The molecular weight excluding hydrogens is 320 g/mol. The van der Waals surface area contributed by atoms with Crippen LogP contribution in [-0.2, 0) is 4.74 Å². The summed E-state index contributed by atoms with van der Waals surface area (Å²) >= 11 is 3.61. The number of aromatic nitrogens is 2. The van der Waals surface area contributed by atoms with Gasteiger partial charge in [-0.1, -0.05) is 6.92 Å². The third-order valence-electron chi connectivity index (χ3n) is 4.45. The fraction of sp³-hybridized carbons (Fsp3) is 0.786. The van der Waals surface area contributed by atoms with E-state index in [2.05, 4.69) is 61.1 Å². The van der Waals surface area contributed by atoms with E-state index in [1.54, 1.807) is 0 Å². The first-order valence-electron chi connectivity index (χ1n) is 7.23. The summed E-state index contributed by atoms with van der Waals surface area (Å²) in [4.78, 5) is 0. The average molecular weight is 345 g/mol. The number of hydrogen-bond donors (Lipinski definition) is 2. The van der Waals surface area contributed by atoms with E-state index in [0.29, 0.717) is 11.8 Å². The van der Waals surface area contributed by atoms with E-state index in [-0.39, 0.29) is 24.3 Å². The highest BCUT2D eigenvalue weighted by Gasteiger charge is 2.43. The molecule has 5 atom stereocenters. The molecule has 0 aromatic carbocycles. The average Bonchev–Trinajstić information content (AvgIpc) is 2.86. The van der Waals surface area contributed by atoms with Crippen LogP contribution < -0.4 is 11.3 Å². The Morgan fingerprint density at radius 2 is 2.00 bits per heavy atom. The minimum Gasteiger partial charge on any atom is -0.375 e. The van der Waals surface area contributed by atoms with Crippen LogP contribution in [0, 0.1) is 11.8 Å². The molecule has 6 heteroatoms. The summed E-state index contributed by atoms with van der Waals surface area (Å²) in [6.45, 7) is 10.7. The number of halogens is 1. The first-order chi connectivity index (χ1) is 9.38. The Morgan fingerprint density at radius 3 is 2.45 bits per heavy atom. The second-order valence-corrected chi connectivity index (χ2v) is 6.90. The van der Waals surface area contributed by atoms with Crippen molar-refractivity contribution in [2.45, 2.75) is 58.9 Å². The zero-order valence-electron chi connectivity index (χ0n) is 12.8. The zero-order valence-corrected chi connectivity index (χ0v) is 14.4. The van der Waals surface area contributed by atoms with E-state index < -0.39 is 0 Å². The lowest BCUT2D eigenvalue weighted by Crippen LogP contribution is -2.40. The molecule has 2 rings (SSSR count). The van der Waals surface area contributed by atoms with E-state index in [1.165, 1.54) is 0 Å². The van der Waals surface area contributed by atoms with Gasteiger partial charge in [0.15, 0.2) is 0 Å². The Morgan fingerprint density at radius 1 is 1.35 bits per heavy atom. The zero-order chi connectivity index (χ0) is 15.0. The molecule has 0 saturated carbocycles. The third kappa shape index (κ3) is 2.66. The Hall–Kier alpha value is -0.430. The molecule has 5 nitrogen and oxygen atoms in total. The van der Waals surface area contributed by atoms with Gasteiger partial charge in [0.1, 0.15) is 0 Å². The Bertz CT molecular complexity index is 462. The molecule has 1 saturated heterocycles. The number of nitrogens with zero attached hydrogens (tertiary/aromatic N) is 2. The summed E-state index contributed by atoms with van der Waals surface area (Å²) < 4.78 is 8.99. The largest absolute Gasteiger partial charge is 0.375 e. The van der Waals surface area contributed by atoms with Gasteiger partial charge in [-0.2, -0.15) is 5.10 Å². The molecule has 20 heavy (non-hydrogen) atoms. The van der Waals surface area contributed by atoms with Crippen molar-refractivity contribution in [3.8, 4) is 0 Å².